The minimum Gasteiger partial charge on any atom is -0.459 e. The quantitative estimate of drug-likeness (QED) is 0.283. The predicted octanol–water partition coefficient (Wildman–Crippen LogP) is 4.89. The number of hydrogen-bond donors (Lipinski definition) is 1. The van der Waals surface area contributed by atoms with E-state index < -0.39 is 22.0 Å². The standard InChI is InChI=1S/C30H30N4O6S2/c1-19(2)40-29(37)23-10-5-8-21(16-23)20-7-4-9-22(15-20)25-18-41-30(31-25)32-27(35)26-11-6-13-34(26)28(36)24-12-14-33(17-24)42(3,38)39/h4-5,7-10,12,14-19,26H,6,11,13H2,1-3H3,(H,31,32,35)/t26-/m0/s1. The minimum atomic E-state index is -3.52. The normalized spacial score (nSPS) is 15.1. The smallest absolute Gasteiger partial charge is 0.338 e. The molecule has 5 rings (SSSR count). The van der Waals surface area contributed by atoms with Gasteiger partial charge >= 0.3 is 5.97 Å². The zero-order valence-corrected chi connectivity index (χ0v) is 24.9. The maximum Gasteiger partial charge on any atom is 0.338 e. The SMILES string of the molecule is CC(C)OC(=O)c1cccc(-c2cccc(-c3csc(NC(=O)[C@@H]4CCCN4C(=O)c4ccn(S(C)(=O)=O)c4)n3)c2)c1. The Hall–Kier alpha value is -4.29. The number of carbonyl (C=O) groups excluding carboxylic acids is 3. The van der Waals surface area contributed by atoms with Crippen LogP contribution in [0.2, 0.25) is 0 Å². The second-order valence-corrected chi connectivity index (χ2v) is 13.0. The van der Waals surface area contributed by atoms with Crippen LogP contribution < -0.4 is 5.32 Å². The van der Waals surface area contributed by atoms with Crippen molar-refractivity contribution in [2.75, 3.05) is 18.1 Å². The van der Waals surface area contributed by atoms with Gasteiger partial charge in [-0.3, -0.25) is 13.6 Å². The van der Waals surface area contributed by atoms with E-state index in [1.807, 2.05) is 41.8 Å². The number of esters is 1. The lowest BCUT2D eigenvalue weighted by atomic mass is 10.0. The number of aromatic nitrogens is 2. The number of ether oxygens (including phenoxy) is 1. The molecule has 0 saturated carbocycles. The van der Waals surface area contributed by atoms with Gasteiger partial charge in [0.1, 0.15) is 6.04 Å². The largest absolute Gasteiger partial charge is 0.459 e. The third-order valence-electron chi connectivity index (χ3n) is 6.78. The van der Waals surface area contributed by atoms with Crippen LogP contribution in [0.4, 0.5) is 5.13 Å². The number of nitrogens with zero attached hydrogens (tertiary/aromatic N) is 3. The lowest BCUT2D eigenvalue weighted by molar-refractivity contribution is -0.119. The van der Waals surface area contributed by atoms with Crippen LogP contribution in [0, 0.1) is 0 Å². The summed E-state index contributed by atoms with van der Waals surface area (Å²) in [6.07, 6.45) is 4.57. The van der Waals surface area contributed by atoms with Crippen LogP contribution in [0.3, 0.4) is 0 Å². The molecule has 1 saturated heterocycles. The maximum atomic E-state index is 13.2. The average molecular weight is 607 g/mol. The third-order valence-corrected chi connectivity index (χ3v) is 8.53. The highest BCUT2D eigenvalue weighted by molar-refractivity contribution is 7.89. The van der Waals surface area contributed by atoms with E-state index in [9.17, 15) is 22.8 Å². The molecule has 0 bridgehead atoms. The monoisotopic (exact) mass is 606 g/mol. The van der Waals surface area contributed by atoms with E-state index in [1.54, 1.807) is 26.0 Å². The van der Waals surface area contributed by atoms with Crippen molar-refractivity contribution in [1.82, 2.24) is 13.9 Å². The van der Waals surface area contributed by atoms with Crippen LogP contribution in [0.25, 0.3) is 22.4 Å². The molecule has 10 nitrogen and oxygen atoms in total. The molecular weight excluding hydrogens is 576 g/mol. The summed E-state index contributed by atoms with van der Waals surface area (Å²) >= 11 is 1.28. The van der Waals surface area contributed by atoms with Crippen LogP contribution in [0.1, 0.15) is 47.4 Å². The molecule has 4 aromatic rings. The molecule has 1 fully saturated rings. The molecule has 12 heteroatoms. The van der Waals surface area contributed by atoms with Crippen LogP contribution in [-0.4, -0.2) is 65.0 Å². The topological polar surface area (TPSA) is 128 Å². The van der Waals surface area contributed by atoms with E-state index in [1.165, 1.54) is 34.7 Å². The molecule has 2 aromatic carbocycles. The molecule has 42 heavy (non-hydrogen) atoms. The van der Waals surface area contributed by atoms with Crippen molar-refractivity contribution in [3.8, 4) is 22.4 Å². The van der Waals surface area contributed by atoms with Crippen molar-refractivity contribution in [3.05, 3.63) is 83.5 Å². The summed E-state index contributed by atoms with van der Waals surface area (Å²) in [4.78, 5) is 44.7. The minimum absolute atomic E-state index is 0.207. The summed E-state index contributed by atoms with van der Waals surface area (Å²) in [5, 5.41) is 5.09. The molecule has 0 aliphatic carbocycles. The number of anilines is 1. The van der Waals surface area contributed by atoms with E-state index in [2.05, 4.69) is 10.3 Å². The Kier molecular flexibility index (Phi) is 8.28. The van der Waals surface area contributed by atoms with E-state index in [-0.39, 0.29) is 23.5 Å². The first-order valence-electron chi connectivity index (χ1n) is 13.4. The van der Waals surface area contributed by atoms with Gasteiger partial charge in [-0.15, -0.1) is 11.3 Å². The van der Waals surface area contributed by atoms with E-state index in [0.29, 0.717) is 35.8 Å². The van der Waals surface area contributed by atoms with Gasteiger partial charge in [0.2, 0.25) is 15.9 Å². The first-order valence-corrected chi connectivity index (χ1v) is 16.1. The number of nitrogens with one attached hydrogen (secondary N) is 1. The lowest BCUT2D eigenvalue weighted by Gasteiger charge is -2.23. The molecule has 2 amide bonds. The van der Waals surface area contributed by atoms with Crippen molar-refractivity contribution < 1.29 is 27.5 Å². The summed E-state index contributed by atoms with van der Waals surface area (Å²) in [6.45, 7) is 4.01. The Morgan fingerprint density at radius 2 is 1.74 bits per heavy atom. The molecule has 1 N–H and O–H groups in total. The van der Waals surface area contributed by atoms with Gasteiger partial charge in [0.25, 0.3) is 5.91 Å². The van der Waals surface area contributed by atoms with Crippen LogP contribution in [0.5, 0.6) is 0 Å². The number of benzene rings is 2. The first-order chi connectivity index (χ1) is 20.0. The Balaban J connectivity index is 1.29. The Morgan fingerprint density at radius 1 is 1.02 bits per heavy atom. The van der Waals surface area contributed by atoms with Gasteiger partial charge < -0.3 is 15.0 Å². The van der Waals surface area contributed by atoms with E-state index in [0.717, 1.165) is 26.9 Å². The lowest BCUT2D eigenvalue weighted by Crippen LogP contribution is -2.43. The summed E-state index contributed by atoms with van der Waals surface area (Å²) in [5.74, 6) is -1.12. The summed E-state index contributed by atoms with van der Waals surface area (Å²) < 4.78 is 29.9. The highest BCUT2D eigenvalue weighted by atomic mass is 32.2. The second kappa shape index (κ2) is 11.9. The van der Waals surface area contributed by atoms with E-state index >= 15 is 0 Å². The number of carbonyl (C=O) groups is 3. The molecule has 218 valence electrons. The second-order valence-electron chi connectivity index (χ2n) is 10.3. The highest BCUT2D eigenvalue weighted by Crippen LogP contribution is 2.30. The van der Waals surface area contributed by atoms with Gasteiger partial charge in [-0.2, -0.15) is 0 Å². The van der Waals surface area contributed by atoms with Crippen molar-refractivity contribution >= 4 is 44.3 Å². The molecule has 1 aliphatic rings. The van der Waals surface area contributed by atoms with Crippen LogP contribution in [-0.2, 0) is 19.6 Å². The van der Waals surface area contributed by atoms with E-state index in [4.69, 9.17) is 4.74 Å². The summed E-state index contributed by atoms with van der Waals surface area (Å²) in [6, 6.07) is 15.7. The Morgan fingerprint density at radius 3 is 2.45 bits per heavy atom. The van der Waals surface area contributed by atoms with Gasteiger partial charge in [-0.1, -0.05) is 30.3 Å². The van der Waals surface area contributed by atoms with Gasteiger partial charge in [0, 0.05) is 29.9 Å². The predicted molar refractivity (Wildman–Crippen MR) is 161 cm³/mol. The van der Waals surface area contributed by atoms with Gasteiger partial charge in [-0.05, 0) is 62.1 Å². The Labute approximate surface area is 248 Å². The van der Waals surface area contributed by atoms with Gasteiger partial charge in [0.15, 0.2) is 5.13 Å². The first kappa shape index (κ1) is 29.2. The zero-order valence-electron chi connectivity index (χ0n) is 23.3. The number of hydrogen-bond acceptors (Lipinski definition) is 8. The summed E-state index contributed by atoms with van der Waals surface area (Å²) in [7, 11) is -3.52. The fourth-order valence-corrected chi connectivity index (χ4v) is 6.09. The fraction of sp³-hybridized carbons (Fsp3) is 0.267. The summed E-state index contributed by atoms with van der Waals surface area (Å²) in [5.41, 5.74) is 3.95. The molecule has 0 spiro atoms. The molecule has 2 aromatic heterocycles. The molecule has 0 unspecified atom stereocenters. The van der Waals surface area contributed by atoms with Crippen molar-refractivity contribution in [3.63, 3.8) is 0 Å². The number of rotatable bonds is 8. The zero-order chi connectivity index (χ0) is 30.0. The number of likely N-dealkylation sites (tertiary alicyclic amines) is 1. The molecular formula is C30H30N4O6S2. The fourth-order valence-electron chi connectivity index (χ4n) is 4.78. The van der Waals surface area contributed by atoms with Gasteiger partial charge in [-0.25, -0.2) is 18.2 Å². The van der Waals surface area contributed by atoms with Crippen molar-refractivity contribution in [2.45, 2.75) is 38.8 Å². The highest BCUT2D eigenvalue weighted by Gasteiger charge is 2.35. The maximum absolute atomic E-state index is 13.2. The van der Waals surface area contributed by atoms with Crippen LogP contribution in [0.15, 0.2) is 72.4 Å². The molecule has 3 heterocycles. The molecule has 1 atom stereocenters. The van der Waals surface area contributed by atoms with Crippen molar-refractivity contribution in [1.29, 1.82) is 0 Å². The average Bonchev–Trinajstić information content (AvgIpc) is 3.73. The number of thiazole rings is 1. The van der Waals surface area contributed by atoms with Crippen LogP contribution >= 0.6 is 11.3 Å². The number of amides is 2. The third kappa shape index (κ3) is 6.44. The molecule has 1 aliphatic heterocycles. The molecule has 0 radical (unpaired) electrons. The van der Waals surface area contributed by atoms with Gasteiger partial charge in [0.05, 0.1) is 29.2 Å². The van der Waals surface area contributed by atoms with Crippen molar-refractivity contribution in [2.24, 2.45) is 0 Å². The Bertz CT molecular complexity index is 1760.